The number of hydrogen-bond donors (Lipinski definition) is 1. The van der Waals surface area contributed by atoms with Crippen molar-refractivity contribution in [2.75, 3.05) is 0 Å². The third-order valence-electron chi connectivity index (χ3n) is 3.46. The van der Waals surface area contributed by atoms with Gasteiger partial charge in [-0.05, 0) is 46.5 Å². The van der Waals surface area contributed by atoms with Crippen LogP contribution in [0.2, 0.25) is 0 Å². The van der Waals surface area contributed by atoms with Gasteiger partial charge in [0.2, 0.25) is 0 Å². The van der Waals surface area contributed by atoms with Crippen LogP contribution >= 0.6 is 31.9 Å². The SMILES string of the molecule is CCc1nn(C)c(CC(O)c2ccc(Br)c(C)c2)c1Br. The third-order valence-corrected chi connectivity index (χ3v) is 5.26. The molecule has 0 aliphatic heterocycles. The first-order valence-electron chi connectivity index (χ1n) is 6.58. The fraction of sp³-hybridized carbons (Fsp3) is 0.400. The van der Waals surface area contributed by atoms with Crippen molar-refractivity contribution in [2.24, 2.45) is 7.05 Å². The summed E-state index contributed by atoms with van der Waals surface area (Å²) in [6.07, 6.45) is 0.894. The minimum absolute atomic E-state index is 0.529. The van der Waals surface area contributed by atoms with Crippen molar-refractivity contribution < 1.29 is 5.11 Å². The average molecular weight is 402 g/mol. The molecule has 1 aromatic heterocycles. The molecule has 3 nitrogen and oxygen atoms in total. The first kappa shape index (κ1) is 15.7. The van der Waals surface area contributed by atoms with Crippen molar-refractivity contribution in [1.29, 1.82) is 0 Å². The van der Waals surface area contributed by atoms with Gasteiger partial charge in [-0.2, -0.15) is 5.10 Å². The summed E-state index contributed by atoms with van der Waals surface area (Å²) in [5.41, 5.74) is 4.10. The Balaban J connectivity index is 2.25. The summed E-state index contributed by atoms with van der Waals surface area (Å²) in [4.78, 5) is 0. The van der Waals surface area contributed by atoms with E-state index >= 15 is 0 Å². The highest BCUT2D eigenvalue weighted by Gasteiger charge is 2.17. The van der Waals surface area contributed by atoms with E-state index in [1.807, 2.05) is 36.9 Å². The van der Waals surface area contributed by atoms with Crippen LogP contribution < -0.4 is 0 Å². The van der Waals surface area contributed by atoms with Gasteiger partial charge in [-0.3, -0.25) is 4.68 Å². The Labute approximate surface area is 136 Å². The second-order valence-electron chi connectivity index (χ2n) is 4.91. The van der Waals surface area contributed by atoms with Gasteiger partial charge in [0, 0.05) is 17.9 Å². The molecule has 1 heterocycles. The maximum atomic E-state index is 10.4. The van der Waals surface area contributed by atoms with Crippen LogP contribution in [0.15, 0.2) is 27.1 Å². The smallest absolute Gasteiger partial charge is 0.0845 e. The zero-order chi connectivity index (χ0) is 14.9. The number of hydrogen-bond acceptors (Lipinski definition) is 2. The molecule has 0 aliphatic rings. The molecule has 0 radical (unpaired) electrons. The fourth-order valence-electron chi connectivity index (χ4n) is 2.22. The largest absolute Gasteiger partial charge is 0.388 e. The van der Waals surface area contributed by atoms with E-state index in [0.29, 0.717) is 6.42 Å². The zero-order valence-corrected chi connectivity index (χ0v) is 15.0. The molecule has 0 saturated carbocycles. The van der Waals surface area contributed by atoms with Gasteiger partial charge in [0.05, 0.1) is 22.0 Å². The molecular formula is C15H18Br2N2O. The lowest BCUT2D eigenvalue weighted by Gasteiger charge is -2.13. The van der Waals surface area contributed by atoms with Crippen LogP contribution in [0.4, 0.5) is 0 Å². The number of nitrogens with zero attached hydrogens (tertiary/aromatic N) is 2. The molecule has 1 unspecified atom stereocenters. The summed E-state index contributed by atoms with van der Waals surface area (Å²) in [7, 11) is 1.92. The van der Waals surface area contributed by atoms with E-state index in [9.17, 15) is 5.11 Å². The molecule has 20 heavy (non-hydrogen) atoms. The molecule has 0 saturated heterocycles. The van der Waals surface area contributed by atoms with E-state index in [0.717, 1.165) is 37.9 Å². The number of aromatic nitrogens is 2. The molecule has 0 fully saturated rings. The standard InChI is InChI=1S/C15H18Br2N2O/c1-4-12-15(17)13(19(3)18-12)8-14(20)10-5-6-11(16)9(2)7-10/h5-7,14,20H,4,8H2,1-3H3. The molecule has 108 valence electrons. The molecule has 0 amide bonds. The fourth-order valence-corrected chi connectivity index (χ4v) is 3.24. The molecule has 0 bridgehead atoms. The Hall–Kier alpha value is -0.650. The minimum atomic E-state index is -0.529. The lowest BCUT2D eigenvalue weighted by Crippen LogP contribution is -2.07. The lowest BCUT2D eigenvalue weighted by atomic mass is 10.0. The topological polar surface area (TPSA) is 38.0 Å². The van der Waals surface area contributed by atoms with Crippen molar-refractivity contribution in [1.82, 2.24) is 9.78 Å². The van der Waals surface area contributed by atoms with Crippen LogP contribution in [-0.2, 0) is 19.9 Å². The highest BCUT2D eigenvalue weighted by atomic mass is 79.9. The quantitative estimate of drug-likeness (QED) is 0.837. The molecule has 5 heteroatoms. The minimum Gasteiger partial charge on any atom is -0.388 e. The Morgan fingerprint density at radius 2 is 2.05 bits per heavy atom. The van der Waals surface area contributed by atoms with E-state index in [2.05, 4.69) is 43.9 Å². The van der Waals surface area contributed by atoms with Crippen LogP contribution in [-0.4, -0.2) is 14.9 Å². The third kappa shape index (κ3) is 3.15. The Bertz CT molecular complexity index is 623. The lowest BCUT2D eigenvalue weighted by molar-refractivity contribution is 0.175. The second kappa shape index (κ2) is 6.41. The van der Waals surface area contributed by atoms with Crippen molar-refractivity contribution in [3.63, 3.8) is 0 Å². The number of aliphatic hydroxyl groups is 1. The van der Waals surface area contributed by atoms with Gasteiger partial charge in [0.1, 0.15) is 0 Å². The molecule has 2 rings (SSSR count). The maximum absolute atomic E-state index is 10.4. The van der Waals surface area contributed by atoms with E-state index < -0.39 is 6.10 Å². The summed E-state index contributed by atoms with van der Waals surface area (Å²) in [6.45, 7) is 4.10. The highest BCUT2D eigenvalue weighted by Crippen LogP contribution is 2.28. The van der Waals surface area contributed by atoms with Crippen molar-refractivity contribution >= 4 is 31.9 Å². The maximum Gasteiger partial charge on any atom is 0.0845 e. The summed E-state index contributed by atoms with van der Waals surface area (Å²) in [5, 5.41) is 14.9. The van der Waals surface area contributed by atoms with Crippen molar-refractivity contribution in [3.05, 3.63) is 49.7 Å². The van der Waals surface area contributed by atoms with Gasteiger partial charge in [0.25, 0.3) is 0 Å². The van der Waals surface area contributed by atoms with Gasteiger partial charge in [-0.1, -0.05) is 35.0 Å². The van der Waals surface area contributed by atoms with Crippen LogP contribution in [0.1, 0.15) is 35.5 Å². The van der Waals surface area contributed by atoms with Crippen LogP contribution in [0.25, 0.3) is 0 Å². The van der Waals surface area contributed by atoms with Gasteiger partial charge in [-0.15, -0.1) is 0 Å². The summed E-state index contributed by atoms with van der Waals surface area (Å²) in [5.74, 6) is 0. The van der Waals surface area contributed by atoms with Gasteiger partial charge in [0.15, 0.2) is 0 Å². The predicted molar refractivity (Wildman–Crippen MR) is 87.8 cm³/mol. The van der Waals surface area contributed by atoms with Gasteiger partial charge in [-0.25, -0.2) is 0 Å². The molecule has 2 aromatic rings. The number of halogens is 2. The number of rotatable bonds is 4. The molecule has 0 spiro atoms. The van der Waals surface area contributed by atoms with E-state index in [1.54, 1.807) is 0 Å². The number of aliphatic hydroxyl groups excluding tert-OH is 1. The molecular weight excluding hydrogens is 384 g/mol. The Morgan fingerprint density at radius 1 is 1.35 bits per heavy atom. The van der Waals surface area contributed by atoms with Crippen molar-refractivity contribution in [3.8, 4) is 0 Å². The van der Waals surface area contributed by atoms with Gasteiger partial charge < -0.3 is 5.11 Å². The van der Waals surface area contributed by atoms with E-state index in [4.69, 9.17) is 0 Å². The molecule has 1 atom stereocenters. The first-order chi connectivity index (χ1) is 9.43. The number of aryl methyl sites for hydroxylation is 3. The summed E-state index contributed by atoms with van der Waals surface area (Å²) in [6, 6.07) is 5.94. The second-order valence-corrected chi connectivity index (χ2v) is 6.56. The molecule has 1 aromatic carbocycles. The monoisotopic (exact) mass is 400 g/mol. The zero-order valence-electron chi connectivity index (χ0n) is 11.8. The van der Waals surface area contributed by atoms with Crippen LogP contribution in [0.5, 0.6) is 0 Å². The molecule has 0 aliphatic carbocycles. The Kier molecular flexibility index (Phi) is 5.04. The first-order valence-corrected chi connectivity index (χ1v) is 8.17. The Morgan fingerprint density at radius 3 is 2.60 bits per heavy atom. The van der Waals surface area contributed by atoms with Crippen molar-refractivity contribution in [2.45, 2.75) is 32.8 Å². The molecule has 1 N–H and O–H groups in total. The summed E-state index contributed by atoms with van der Waals surface area (Å²) < 4.78 is 3.91. The van der Waals surface area contributed by atoms with E-state index in [-0.39, 0.29) is 0 Å². The van der Waals surface area contributed by atoms with Gasteiger partial charge >= 0.3 is 0 Å². The normalized spacial score (nSPS) is 12.7. The highest BCUT2D eigenvalue weighted by molar-refractivity contribution is 9.10. The van der Waals surface area contributed by atoms with Crippen LogP contribution in [0.3, 0.4) is 0 Å². The van der Waals surface area contributed by atoms with Crippen LogP contribution in [0, 0.1) is 6.92 Å². The number of benzene rings is 1. The summed E-state index contributed by atoms with van der Waals surface area (Å²) >= 11 is 7.07. The van der Waals surface area contributed by atoms with E-state index in [1.165, 1.54) is 0 Å². The average Bonchev–Trinajstić information content (AvgIpc) is 2.69. The predicted octanol–water partition coefficient (Wildman–Crippen LogP) is 4.09.